The van der Waals surface area contributed by atoms with Crippen LogP contribution >= 0.6 is 0 Å². The fourth-order valence-corrected chi connectivity index (χ4v) is 18.1. The van der Waals surface area contributed by atoms with E-state index in [4.69, 9.17) is 9.47 Å². The Morgan fingerprint density at radius 3 is 1.37 bits per heavy atom. The summed E-state index contributed by atoms with van der Waals surface area (Å²) in [6, 6.07) is 63.0. The molecule has 1 aromatic heterocycles. The lowest BCUT2D eigenvalue weighted by atomic mass is 9.31. The summed E-state index contributed by atoms with van der Waals surface area (Å²) in [6.45, 7) is 4.11. The zero-order valence-corrected chi connectivity index (χ0v) is 50.3. The van der Waals surface area contributed by atoms with Crippen LogP contribution in [-0.4, -0.2) is 18.0 Å². The van der Waals surface area contributed by atoms with E-state index >= 15 is 0 Å². The van der Waals surface area contributed by atoms with Crippen LogP contribution in [0.5, 0.6) is 23.0 Å². The highest BCUT2D eigenvalue weighted by atomic mass is 16.5. The quantitative estimate of drug-likeness (QED) is 0.149. The zero-order valence-electron chi connectivity index (χ0n) is 50.3. The van der Waals surface area contributed by atoms with E-state index in [2.05, 4.69) is 181 Å². The average Bonchev–Trinajstić information content (AvgIpc) is 1.19. The Kier molecular flexibility index (Phi) is 12.3. The number of nitrogens with zero attached hydrogens (tertiary/aromatic N) is 2. The second-order valence-corrected chi connectivity index (χ2v) is 27.7. The molecule has 6 heteroatoms. The van der Waals surface area contributed by atoms with Crippen molar-refractivity contribution >= 4 is 85.1 Å². The minimum atomic E-state index is -0.135. The van der Waals surface area contributed by atoms with Crippen molar-refractivity contribution in [2.24, 2.45) is 0 Å². The molecule has 0 unspecified atom stereocenters. The van der Waals surface area contributed by atoms with Gasteiger partial charge in [-0.2, -0.15) is 0 Å². The van der Waals surface area contributed by atoms with E-state index in [0.29, 0.717) is 23.7 Å². The van der Waals surface area contributed by atoms with Gasteiger partial charge >= 0.3 is 0 Å². The fraction of sp³-hybridized carbons (Fsp3) is 0.325. The monoisotopic (exact) mass is 1120 g/mol. The zero-order chi connectivity index (χ0) is 56.7. The minimum absolute atomic E-state index is 0.130. The number of hydrogen-bond acceptors (Lipinski definition) is 3. The molecule has 0 bridgehead atoms. The molecule has 8 aliphatic rings. The predicted molar refractivity (Wildman–Crippen MR) is 361 cm³/mol. The minimum Gasteiger partial charge on any atom is -0.456 e. The van der Waals surface area contributed by atoms with Crippen molar-refractivity contribution in [2.45, 2.75) is 166 Å². The molecule has 5 heterocycles. The Labute approximate surface area is 509 Å². The molecule has 86 heavy (non-hydrogen) atoms. The Morgan fingerprint density at radius 2 is 0.802 bits per heavy atom. The van der Waals surface area contributed by atoms with Gasteiger partial charge in [0.1, 0.15) is 23.0 Å². The number of fused-ring (bicyclic) bond motifs is 13. The third kappa shape index (κ3) is 8.16. The molecular formula is C80H76B2N2O2. The van der Waals surface area contributed by atoms with Crippen molar-refractivity contribution in [3.63, 3.8) is 0 Å². The second kappa shape index (κ2) is 20.5. The Hall–Kier alpha value is -7.69. The van der Waals surface area contributed by atoms with Crippen molar-refractivity contribution in [3.8, 4) is 50.9 Å². The first kappa shape index (κ1) is 51.5. The van der Waals surface area contributed by atoms with Crippen LogP contribution < -0.4 is 47.2 Å². The molecule has 4 aliphatic carbocycles. The van der Waals surface area contributed by atoms with Gasteiger partial charge in [0.15, 0.2) is 0 Å². The van der Waals surface area contributed by atoms with E-state index in [0.717, 1.165) is 34.4 Å². The molecule has 10 aromatic rings. The number of anilines is 3. The first-order chi connectivity index (χ1) is 42.5. The molecule has 4 aliphatic heterocycles. The van der Waals surface area contributed by atoms with Gasteiger partial charge in [-0.3, -0.25) is 0 Å². The van der Waals surface area contributed by atoms with Crippen LogP contribution in [0.25, 0.3) is 49.7 Å². The molecule has 9 aromatic carbocycles. The summed E-state index contributed by atoms with van der Waals surface area (Å²) in [5, 5.41) is 2.78. The van der Waals surface area contributed by atoms with Crippen LogP contribution in [0.15, 0.2) is 158 Å². The Morgan fingerprint density at radius 1 is 0.360 bits per heavy atom. The van der Waals surface area contributed by atoms with Gasteiger partial charge in [-0.15, -0.1) is 0 Å². The largest absolute Gasteiger partial charge is 0.456 e. The van der Waals surface area contributed by atoms with Crippen LogP contribution in [0, 0.1) is 13.8 Å². The van der Waals surface area contributed by atoms with Crippen molar-refractivity contribution in [3.05, 3.63) is 191 Å². The number of aryl methyl sites for hydroxylation is 2. The van der Waals surface area contributed by atoms with E-state index in [9.17, 15) is 0 Å². The molecule has 4 saturated carbocycles. The van der Waals surface area contributed by atoms with E-state index in [-0.39, 0.29) is 13.4 Å². The van der Waals surface area contributed by atoms with E-state index in [1.54, 1.807) is 0 Å². The molecule has 4 nitrogen and oxygen atoms in total. The second-order valence-electron chi connectivity index (χ2n) is 27.7. The highest BCUT2D eigenvalue weighted by Crippen LogP contribution is 2.53. The smallest absolute Gasteiger partial charge is 0.256 e. The van der Waals surface area contributed by atoms with Crippen LogP contribution in [0.4, 0.5) is 17.1 Å². The van der Waals surface area contributed by atoms with E-state index in [1.165, 1.54) is 250 Å². The topological polar surface area (TPSA) is 26.6 Å². The maximum atomic E-state index is 8.04. The molecule has 0 spiro atoms. The molecule has 0 N–H and O–H groups in total. The molecule has 0 saturated heterocycles. The summed E-state index contributed by atoms with van der Waals surface area (Å²) in [6.07, 6.45) is 25.9. The summed E-state index contributed by atoms with van der Waals surface area (Å²) >= 11 is 0. The van der Waals surface area contributed by atoms with Gasteiger partial charge in [-0.1, -0.05) is 197 Å². The van der Waals surface area contributed by atoms with Gasteiger partial charge in [0.2, 0.25) is 0 Å². The molecule has 0 radical (unpaired) electrons. The first-order valence-corrected chi connectivity index (χ1v) is 33.6. The molecule has 4 fully saturated rings. The lowest BCUT2D eigenvalue weighted by Crippen LogP contribution is -2.63. The maximum Gasteiger partial charge on any atom is 0.256 e. The molecule has 0 atom stereocenters. The normalized spacial score (nSPS) is 18.3. The summed E-state index contributed by atoms with van der Waals surface area (Å²) < 4.78 is 18.8. The van der Waals surface area contributed by atoms with Crippen molar-refractivity contribution in [1.82, 2.24) is 4.57 Å². The summed E-state index contributed by atoms with van der Waals surface area (Å²) in [5.74, 6) is 6.10. The van der Waals surface area contributed by atoms with Gasteiger partial charge in [0.05, 0.1) is 16.9 Å². The lowest BCUT2D eigenvalue weighted by Gasteiger charge is -2.45. The molecule has 0 amide bonds. The van der Waals surface area contributed by atoms with Gasteiger partial charge in [-0.25, -0.2) is 0 Å². The predicted octanol–water partition coefficient (Wildman–Crippen LogP) is 18.3. The SMILES string of the molecule is Cc1ccc(-c2ccc3c(c2)B2c4cc(C5CCCCC5)ccc4N(c4ccc(C5CCCCC5)cc4)c4c5c6c(c(c42)O3)-n2c3ccc(C4CCCCC4)cc3c3cc(C4CCCCC4)cc(c32)B6c2cc(-c3ccc(C)cc3)ccc2O5)cc1. The average molecular weight is 1120 g/mol. The molecule has 424 valence electrons. The van der Waals surface area contributed by atoms with Crippen LogP contribution in [0.1, 0.15) is 185 Å². The molecule has 18 rings (SSSR count). The van der Waals surface area contributed by atoms with Crippen LogP contribution in [-0.2, 0) is 0 Å². The van der Waals surface area contributed by atoms with E-state index < -0.39 is 0 Å². The number of rotatable bonds is 7. The number of ether oxygens (including phenoxy) is 2. The summed E-state index contributed by atoms with van der Waals surface area (Å²) in [7, 11) is 0. The maximum absolute atomic E-state index is 8.04. The standard InChI is InChI=1S/C80H76B2N2O2/c1-49-23-27-56(28-24-49)60-35-41-72-67(46-60)81-66-45-59(53-19-11-5-12-20-53)34-40-71(66)83(63-37-31-55(32-38-63)51-15-7-3-8-16-51)77-74(81)80(86-72)78-75-79(77)85-73-42-36-61(57-29-25-50(2)26-30-57)47-68(73)82(75)69-48-62(54-21-13-6-14-22-54)44-65-64-43-58(52-17-9-4-10-18-52)33-39-70(64)84(78)76(65)69/h23-48,51-54H,3-22H2,1-2H3. The Bertz CT molecular complexity index is 4360. The highest BCUT2D eigenvalue weighted by Gasteiger charge is 2.52. The Balaban J connectivity index is 0.968. The number of aromatic nitrogens is 1. The van der Waals surface area contributed by atoms with Crippen molar-refractivity contribution in [1.29, 1.82) is 0 Å². The third-order valence-corrected chi connectivity index (χ3v) is 22.6. The van der Waals surface area contributed by atoms with Crippen LogP contribution in [0.2, 0.25) is 0 Å². The van der Waals surface area contributed by atoms with Crippen molar-refractivity contribution in [2.75, 3.05) is 4.90 Å². The van der Waals surface area contributed by atoms with Gasteiger partial charge < -0.3 is 18.9 Å². The third-order valence-electron chi connectivity index (χ3n) is 22.6. The summed E-state index contributed by atoms with van der Waals surface area (Å²) in [4.78, 5) is 2.64. The lowest BCUT2D eigenvalue weighted by molar-refractivity contribution is 0.443. The summed E-state index contributed by atoms with van der Waals surface area (Å²) in [5.41, 5.74) is 28.3. The number of benzene rings is 9. The van der Waals surface area contributed by atoms with Crippen LogP contribution in [0.3, 0.4) is 0 Å². The highest BCUT2D eigenvalue weighted by molar-refractivity contribution is 7.02. The van der Waals surface area contributed by atoms with Crippen molar-refractivity contribution < 1.29 is 9.47 Å². The molecular weight excluding hydrogens is 1040 g/mol. The van der Waals surface area contributed by atoms with Gasteiger partial charge in [-0.05, 0) is 204 Å². The fourth-order valence-electron chi connectivity index (χ4n) is 18.1. The van der Waals surface area contributed by atoms with Gasteiger partial charge in [0.25, 0.3) is 13.4 Å². The van der Waals surface area contributed by atoms with Gasteiger partial charge in [0, 0.05) is 38.6 Å². The first-order valence-electron chi connectivity index (χ1n) is 33.6. The number of hydrogen-bond donors (Lipinski definition) is 0. The van der Waals surface area contributed by atoms with E-state index in [1.807, 2.05) is 0 Å².